The molecule has 4 nitrogen and oxygen atoms in total. The van der Waals surface area contributed by atoms with Gasteiger partial charge in [0.1, 0.15) is 0 Å². The van der Waals surface area contributed by atoms with E-state index < -0.39 is 5.97 Å². The molecule has 2 rings (SSSR count). The van der Waals surface area contributed by atoms with E-state index in [9.17, 15) is 4.79 Å². The second-order valence-corrected chi connectivity index (χ2v) is 4.16. The van der Waals surface area contributed by atoms with Crippen LogP contribution in [0.3, 0.4) is 0 Å². The van der Waals surface area contributed by atoms with Crippen LogP contribution in [0.25, 0.3) is 6.08 Å². The molecule has 6 heteroatoms. The van der Waals surface area contributed by atoms with E-state index in [1.54, 1.807) is 18.6 Å². The zero-order valence-electron chi connectivity index (χ0n) is 9.86. The Morgan fingerprint density at radius 1 is 1.47 bits per heavy atom. The number of rotatable bonds is 4. The lowest BCUT2D eigenvalue weighted by molar-refractivity contribution is -0.131. The van der Waals surface area contributed by atoms with Crippen LogP contribution in [-0.2, 0) is 11.3 Å². The summed E-state index contributed by atoms with van der Waals surface area (Å²) in [7, 11) is 0. The van der Waals surface area contributed by atoms with Crippen LogP contribution in [0.5, 0.6) is 0 Å². The van der Waals surface area contributed by atoms with Crippen molar-refractivity contribution in [3.63, 3.8) is 0 Å². The van der Waals surface area contributed by atoms with Gasteiger partial charge in [0.25, 0.3) is 0 Å². The lowest BCUT2D eigenvalue weighted by Crippen LogP contribution is -1.97. The van der Waals surface area contributed by atoms with Gasteiger partial charge in [-0.3, -0.25) is 0 Å². The number of halogens is 2. The van der Waals surface area contributed by atoms with Crippen LogP contribution in [0.1, 0.15) is 11.1 Å². The lowest BCUT2D eigenvalue weighted by atomic mass is 10.1. The highest BCUT2D eigenvalue weighted by molar-refractivity contribution is 6.31. The van der Waals surface area contributed by atoms with Crippen molar-refractivity contribution in [1.29, 1.82) is 0 Å². The fourth-order valence-electron chi connectivity index (χ4n) is 1.54. The van der Waals surface area contributed by atoms with Crippen LogP contribution in [-0.4, -0.2) is 20.6 Å². The summed E-state index contributed by atoms with van der Waals surface area (Å²) in [4.78, 5) is 14.4. The van der Waals surface area contributed by atoms with Gasteiger partial charge in [0, 0.05) is 30.0 Å². The summed E-state index contributed by atoms with van der Waals surface area (Å²) in [5.41, 5.74) is 1.72. The number of aromatic nitrogens is 2. The Labute approximate surface area is 121 Å². The van der Waals surface area contributed by atoms with Gasteiger partial charge in [-0.1, -0.05) is 23.7 Å². The number of aliphatic carboxylic acids is 1. The largest absolute Gasteiger partial charge is 0.478 e. The summed E-state index contributed by atoms with van der Waals surface area (Å²) in [6.45, 7) is 0.641. The third-order valence-electron chi connectivity index (χ3n) is 2.41. The number of carboxylic acids is 1. The molecule has 0 saturated carbocycles. The Hall–Kier alpha value is -1.78. The zero-order chi connectivity index (χ0) is 13.0. The molecule has 1 aromatic heterocycles. The SMILES string of the molecule is Cl.O=C(O)C=Cc1ccc(Cn2ccnc2)c(Cl)c1. The van der Waals surface area contributed by atoms with E-state index in [0.29, 0.717) is 11.6 Å². The van der Waals surface area contributed by atoms with Crippen molar-refractivity contribution in [3.8, 4) is 0 Å². The predicted octanol–water partition coefficient (Wildman–Crippen LogP) is 3.10. The molecule has 0 radical (unpaired) electrons. The third kappa shape index (κ3) is 4.43. The van der Waals surface area contributed by atoms with Crippen LogP contribution < -0.4 is 0 Å². The minimum atomic E-state index is -0.978. The topological polar surface area (TPSA) is 55.1 Å². The fraction of sp³-hybridized carbons (Fsp3) is 0.0769. The number of nitrogens with zero attached hydrogens (tertiary/aromatic N) is 2. The molecule has 1 aromatic carbocycles. The Balaban J connectivity index is 0.00000180. The maximum absolute atomic E-state index is 10.4. The summed E-state index contributed by atoms with van der Waals surface area (Å²) >= 11 is 6.15. The molecule has 0 aliphatic heterocycles. The van der Waals surface area contributed by atoms with Gasteiger partial charge in [-0.05, 0) is 23.3 Å². The minimum absolute atomic E-state index is 0. The molecule has 1 N–H and O–H groups in total. The Morgan fingerprint density at radius 2 is 2.26 bits per heavy atom. The number of hydrogen-bond acceptors (Lipinski definition) is 2. The maximum atomic E-state index is 10.4. The van der Waals surface area contributed by atoms with Crippen LogP contribution in [0.4, 0.5) is 0 Å². The first-order chi connectivity index (χ1) is 8.65. The van der Waals surface area contributed by atoms with Crippen molar-refractivity contribution in [3.05, 3.63) is 59.1 Å². The fourth-order valence-corrected chi connectivity index (χ4v) is 1.79. The van der Waals surface area contributed by atoms with E-state index in [1.807, 2.05) is 22.9 Å². The van der Waals surface area contributed by atoms with Crippen LogP contribution in [0, 0.1) is 0 Å². The third-order valence-corrected chi connectivity index (χ3v) is 2.76. The molecular formula is C13H12Cl2N2O2. The Morgan fingerprint density at radius 3 is 2.84 bits per heavy atom. The van der Waals surface area contributed by atoms with Gasteiger partial charge in [-0.2, -0.15) is 0 Å². The number of carboxylic acid groups (broad SMARTS) is 1. The van der Waals surface area contributed by atoms with Crippen molar-refractivity contribution in [2.45, 2.75) is 6.54 Å². The molecule has 0 aliphatic carbocycles. The molecule has 0 unspecified atom stereocenters. The van der Waals surface area contributed by atoms with Gasteiger partial charge < -0.3 is 9.67 Å². The highest BCUT2D eigenvalue weighted by Crippen LogP contribution is 2.19. The number of benzene rings is 1. The lowest BCUT2D eigenvalue weighted by Gasteiger charge is -2.06. The summed E-state index contributed by atoms with van der Waals surface area (Å²) < 4.78 is 1.91. The Kier molecular flexibility index (Phi) is 5.60. The molecule has 0 spiro atoms. The average molecular weight is 299 g/mol. The molecule has 0 atom stereocenters. The summed E-state index contributed by atoms with van der Waals surface area (Å²) in [5, 5.41) is 9.15. The van der Waals surface area contributed by atoms with Gasteiger partial charge in [0.2, 0.25) is 0 Å². The van der Waals surface area contributed by atoms with E-state index in [-0.39, 0.29) is 12.4 Å². The van der Waals surface area contributed by atoms with E-state index in [2.05, 4.69) is 4.98 Å². The van der Waals surface area contributed by atoms with Crippen LogP contribution in [0.2, 0.25) is 5.02 Å². The van der Waals surface area contributed by atoms with E-state index in [1.165, 1.54) is 6.08 Å². The first-order valence-electron chi connectivity index (χ1n) is 5.30. The molecule has 100 valence electrons. The van der Waals surface area contributed by atoms with Gasteiger partial charge in [-0.25, -0.2) is 9.78 Å². The highest BCUT2D eigenvalue weighted by atomic mass is 35.5. The van der Waals surface area contributed by atoms with Gasteiger partial charge in [-0.15, -0.1) is 12.4 Å². The minimum Gasteiger partial charge on any atom is -0.478 e. The normalized spacial score (nSPS) is 10.4. The molecule has 0 bridgehead atoms. The van der Waals surface area contributed by atoms with Crippen molar-refractivity contribution >= 4 is 36.1 Å². The van der Waals surface area contributed by atoms with Crippen molar-refractivity contribution in [2.75, 3.05) is 0 Å². The second-order valence-electron chi connectivity index (χ2n) is 3.76. The van der Waals surface area contributed by atoms with Gasteiger partial charge in [0.15, 0.2) is 0 Å². The number of imidazole rings is 1. The van der Waals surface area contributed by atoms with Gasteiger partial charge in [0.05, 0.1) is 6.33 Å². The monoisotopic (exact) mass is 298 g/mol. The summed E-state index contributed by atoms with van der Waals surface area (Å²) in [6.07, 6.45) is 7.87. The van der Waals surface area contributed by atoms with E-state index in [4.69, 9.17) is 16.7 Å². The first kappa shape index (κ1) is 15.3. The first-order valence-corrected chi connectivity index (χ1v) is 5.68. The molecular weight excluding hydrogens is 287 g/mol. The second kappa shape index (κ2) is 6.97. The highest BCUT2D eigenvalue weighted by Gasteiger charge is 2.02. The quantitative estimate of drug-likeness (QED) is 0.883. The van der Waals surface area contributed by atoms with Crippen molar-refractivity contribution in [2.24, 2.45) is 0 Å². The average Bonchev–Trinajstić information content (AvgIpc) is 2.82. The smallest absolute Gasteiger partial charge is 0.328 e. The van der Waals surface area contributed by atoms with Gasteiger partial charge >= 0.3 is 5.97 Å². The van der Waals surface area contributed by atoms with Crippen molar-refractivity contribution in [1.82, 2.24) is 9.55 Å². The molecule has 2 aromatic rings. The summed E-state index contributed by atoms with van der Waals surface area (Å²) in [6, 6.07) is 5.45. The molecule has 0 aliphatic rings. The maximum Gasteiger partial charge on any atom is 0.328 e. The molecule has 0 fully saturated rings. The van der Waals surface area contributed by atoms with E-state index in [0.717, 1.165) is 17.2 Å². The van der Waals surface area contributed by atoms with Crippen molar-refractivity contribution < 1.29 is 9.90 Å². The standard InChI is InChI=1S/C13H11ClN2O2.ClH/c14-12-7-10(2-4-13(17)18)1-3-11(12)8-16-6-5-15-9-16;/h1-7,9H,8H2,(H,17,18);1H. The molecule has 0 saturated heterocycles. The number of hydrogen-bond donors (Lipinski definition) is 1. The zero-order valence-corrected chi connectivity index (χ0v) is 11.4. The number of carbonyl (C=O) groups is 1. The summed E-state index contributed by atoms with van der Waals surface area (Å²) in [5.74, 6) is -0.978. The molecule has 1 heterocycles. The Bertz CT molecular complexity index is 580. The predicted molar refractivity (Wildman–Crippen MR) is 76.7 cm³/mol. The van der Waals surface area contributed by atoms with Crippen LogP contribution in [0.15, 0.2) is 43.0 Å². The van der Waals surface area contributed by atoms with E-state index >= 15 is 0 Å². The molecule has 0 amide bonds. The molecule has 19 heavy (non-hydrogen) atoms. The van der Waals surface area contributed by atoms with Crippen LogP contribution >= 0.6 is 24.0 Å².